The van der Waals surface area contributed by atoms with Crippen LogP contribution in [0.1, 0.15) is 0 Å². The van der Waals surface area contributed by atoms with E-state index in [1.54, 1.807) is 0 Å². The standard InChI is InChI=1S/C25H17N/c1-3-10-18(11-4-1)23-20-14-7-8-15-21(20)24(19-12-5-2-6-13-19)25-22(23)16-9-17-26-25/h1-17H. The van der Waals surface area contributed by atoms with E-state index in [4.69, 9.17) is 4.98 Å². The Morgan fingerprint density at radius 2 is 0.923 bits per heavy atom. The van der Waals surface area contributed by atoms with Crippen molar-refractivity contribution in [2.24, 2.45) is 0 Å². The maximum absolute atomic E-state index is 4.79. The van der Waals surface area contributed by atoms with Crippen LogP contribution in [0.15, 0.2) is 103 Å². The summed E-state index contributed by atoms with van der Waals surface area (Å²) in [5.74, 6) is 0. The van der Waals surface area contributed by atoms with Gasteiger partial charge in [-0.05, 0) is 33.5 Å². The van der Waals surface area contributed by atoms with Crippen molar-refractivity contribution in [3.05, 3.63) is 103 Å². The summed E-state index contributed by atoms with van der Waals surface area (Å²) in [6.45, 7) is 0. The number of hydrogen-bond acceptors (Lipinski definition) is 1. The molecule has 0 spiro atoms. The van der Waals surface area contributed by atoms with Gasteiger partial charge in [-0.3, -0.25) is 4.98 Å². The Kier molecular flexibility index (Phi) is 3.50. The highest BCUT2D eigenvalue weighted by Gasteiger charge is 2.16. The molecule has 5 aromatic rings. The van der Waals surface area contributed by atoms with Gasteiger partial charge in [0.05, 0.1) is 5.52 Å². The largest absolute Gasteiger partial charge is 0.256 e. The van der Waals surface area contributed by atoms with Crippen LogP contribution in [0.4, 0.5) is 0 Å². The van der Waals surface area contributed by atoms with Gasteiger partial charge in [-0.1, -0.05) is 91.0 Å². The molecule has 26 heavy (non-hydrogen) atoms. The lowest BCUT2D eigenvalue weighted by molar-refractivity contribution is 1.42. The minimum absolute atomic E-state index is 1.05. The topological polar surface area (TPSA) is 12.9 Å². The quantitative estimate of drug-likeness (QED) is 0.327. The lowest BCUT2D eigenvalue weighted by atomic mass is 9.88. The minimum Gasteiger partial charge on any atom is -0.256 e. The van der Waals surface area contributed by atoms with Gasteiger partial charge in [0.1, 0.15) is 0 Å². The van der Waals surface area contributed by atoms with E-state index >= 15 is 0 Å². The molecule has 0 aliphatic heterocycles. The second kappa shape index (κ2) is 6.12. The van der Waals surface area contributed by atoms with Crippen LogP contribution in [0.5, 0.6) is 0 Å². The molecule has 1 heterocycles. The second-order valence-electron chi connectivity index (χ2n) is 6.43. The first kappa shape index (κ1) is 14.9. The summed E-state index contributed by atoms with van der Waals surface area (Å²) in [6.07, 6.45) is 1.89. The number of fused-ring (bicyclic) bond motifs is 2. The smallest absolute Gasteiger partial charge is 0.0792 e. The van der Waals surface area contributed by atoms with Crippen molar-refractivity contribution in [3.63, 3.8) is 0 Å². The van der Waals surface area contributed by atoms with Crippen LogP contribution in [0.2, 0.25) is 0 Å². The van der Waals surface area contributed by atoms with E-state index < -0.39 is 0 Å². The lowest BCUT2D eigenvalue weighted by Crippen LogP contribution is -1.92. The third-order valence-corrected chi connectivity index (χ3v) is 4.90. The summed E-state index contributed by atoms with van der Waals surface area (Å²) < 4.78 is 0. The zero-order chi connectivity index (χ0) is 17.3. The molecule has 0 aliphatic rings. The Morgan fingerprint density at radius 3 is 1.58 bits per heavy atom. The number of benzene rings is 4. The molecule has 0 radical (unpaired) electrons. The van der Waals surface area contributed by atoms with E-state index in [-0.39, 0.29) is 0 Å². The third kappa shape index (κ3) is 2.29. The summed E-state index contributed by atoms with van der Waals surface area (Å²) in [6, 6.07) is 34.0. The van der Waals surface area contributed by atoms with E-state index in [2.05, 4.69) is 91.0 Å². The minimum atomic E-state index is 1.05. The highest BCUT2D eigenvalue weighted by Crippen LogP contribution is 2.42. The van der Waals surface area contributed by atoms with E-state index in [0.29, 0.717) is 0 Å². The molecule has 0 saturated carbocycles. The first-order valence-corrected chi connectivity index (χ1v) is 8.84. The molecular weight excluding hydrogens is 314 g/mol. The van der Waals surface area contributed by atoms with Gasteiger partial charge in [-0.25, -0.2) is 0 Å². The van der Waals surface area contributed by atoms with Crippen LogP contribution in [0.25, 0.3) is 43.9 Å². The number of pyridine rings is 1. The van der Waals surface area contributed by atoms with Crippen molar-refractivity contribution in [2.45, 2.75) is 0 Å². The molecule has 0 amide bonds. The molecule has 4 aromatic carbocycles. The molecule has 0 atom stereocenters. The average Bonchev–Trinajstić information content (AvgIpc) is 2.73. The van der Waals surface area contributed by atoms with Crippen molar-refractivity contribution in [3.8, 4) is 22.3 Å². The Labute approximate surface area is 152 Å². The second-order valence-corrected chi connectivity index (χ2v) is 6.43. The van der Waals surface area contributed by atoms with Crippen molar-refractivity contribution >= 4 is 21.7 Å². The number of aromatic nitrogens is 1. The molecule has 0 unspecified atom stereocenters. The fourth-order valence-electron chi connectivity index (χ4n) is 3.81. The molecule has 0 fully saturated rings. The number of hydrogen-bond donors (Lipinski definition) is 0. The maximum Gasteiger partial charge on any atom is 0.0792 e. The van der Waals surface area contributed by atoms with Gasteiger partial charge >= 0.3 is 0 Å². The van der Waals surface area contributed by atoms with Crippen molar-refractivity contribution in [1.82, 2.24) is 4.98 Å². The van der Waals surface area contributed by atoms with Crippen LogP contribution < -0.4 is 0 Å². The molecule has 0 aliphatic carbocycles. The molecular formula is C25H17N. The monoisotopic (exact) mass is 331 g/mol. The van der Waals surface area contributed by atoms with Crippen LogP contribution in [-0.4, -0.2) is 4.98 Å². The predicted molar refractivity (Wildman–Crippen MR) is 110 cm³/mol. The summed E-state index contributed by atoms with van der Waals surface area (Å²) in [5, 5.41) is 3.69. The Bertz CT molecular complexity index is 1050. The highest BCUT2D eigenvalue weighted by molar-refractivity contribution is 6.20. The van der Waals surface area contributed by atoms with Crippen LogP contribution in [0, 0.1) is 0 Å². The van der Waals surface area contributed by atoms with Gasteiger partial charge < -0.3 is 0 Å². The Hall–Kier alpha value is -3.45. The Morgan fingerprint density at radius 1 is 0.423 bits per heavy atom. The summed E-state index contributed by atoms with van der Waals surface area (Å²) in [7, 11) is 0. The lowest BCUT2D eigenvalue weighted by Gasteiger charge is -2.16. The average molecular weight is 331 g/mol. The summed E-state index contributed by atoms with van der Waals surface area (Å²) >= 11 is 0. The van der Waals surface area contributed by atoms with Crippen LogP contribution in [-0.2, 0) is 0 Å². The zero-order valence-corrected chi connectivity index (χ0v) is 14.3. The van der Waals surface area contributed by atoms with Crippen LogP contribution in [0.3, 0.4) is 0 Å². The van der Waals surface area contributed by atoms with Gasteiger partial charge in [0, 0.05) is 17.1 Å². The molecule has 0 saturated heterocycles. The number of nitrogens with zero attached hydrogens (tertiary/aromatic N) is 1. The molecule has 1 heteroatoms. The molecule has 122 valence electrons. The van der Waals surface area contributed by atoms with Gasteiger partial charge in [0.25, 0.3) is 0 Å². The summed E-state index contributed by atoms with van der Waals surface area (Å²) in [4.78, 5) is 4.79. The van der Waals surface area contributed by atoms with Gasteiger partial charge in [-0.15, -0.1) is 0 Å². The van der Waals surface area contributed by atoms with E-state index in [1.165, 1.54) is 38.4 Å². The first-order valence-electron chi connectivity index (χ1n) is 8.84. The molecule has 0 N–H and O–H groups in total. The third-order valence-electron chi connectivity index (χ3n) is 4.90. The van der Waals surface area contributed by atoms with Crippen LogP contribution >= 0.6 is 0 Å². The number of rotatable bonds is 2. The molecule has 1 aromatic heterocycles. The highest BCUT2D eigenvalue weighted by atomic mass is 14.7. The SMILES string of the molecule is c1ccc(-c2c3ccccc3c(-c3ccccc3)c3ncccc23)cc1. The van der Waals surface area contributed by atoms with Gasteiger partial charge in [0.15, 0.2) is 0 Å². The normalized spacial score (nSPS) is 11.1. The van der Waals surface area contributed by atoms with Crippen molar-refractivity contribution in [1.29, 1.82) is 0 Å². The summed E-state index contributed by atoms with van der Waals surface area (Å²) in [5.41, 5.74) is 5.94. The van der Waals surface area contributed by atoms with Crippen molar-refractivity contribution in [2.75, 3.05) is 0 Å². The fraction of sp³-hybridized carbons (Fsp3) is 0. The van der Waals surface area contributed by atoms with E-state index in [0.717, 1.165) is 5.52 Å². The van der Waals surface area contributed by atoms with Gasteiger partial charge in [0.2, 0.25) is 0 Å². The van der Waals surface area contributed by atoms with E-state index in [9.17, 15) is 0 Å². The van der Waals surface area contributed by atoms with Crippen molar-refractivity contribution < 1.29 is 0 Å². The molecule has 5 rings (SSSR count). The van der Waals surface area contributed by atoms with E-state index in [1.807, 2.05) is 12.3 Å². The Balaban J connectivity index is 2.02. The molecule has 0 bridgehead atoms. The maximum atomic E-state index is 4.79. The zero-order valence-electron chi connectivity index (χ0n) is 14.3. The first-order chi connectivity index (χ1) is 12.9. The predicted octanol–water partition coefficient (Wildman–Crippen LogP) is 6.72. The molecule has 1 nitrogen and oxygen atoms in total. The van der Waals surface area contributed by atoms with Gasteiger partial charge in [-0.2, -0.15) is 0 Å². The fourth-order valence-corrected chi connectivity index (χ4v) is 3.81.